The lowest BCUT2D eigenvalue weighted by Crippen LogP contribution is -2.37. The van der Waals surface area contributed by atoms with Crippen LogP contribution in [0, 0.1) is 5.92 Å². The molecule has 1 unspecified atom stereocenters. The van der Waals surface area contributed by atoms with E-state index in [1.54, 1.807) is 11.8 Å². The highest BCUT2D eigenvalue weighted by Gasteiger charge is 2.31. The van der Waals surface area contributed by atoms with Crippen molar-refractivity contribution in [1.82, 2.24) is 14.9 Å². The molecule has 1 heterocycles. The zero-order valence-electron chi connectivity index (χ0n) is 22.1. The number of hydrogen-bond donors (Lipinski definition) is 2. The highest BCUT2D eigenvalue weighted by Crippen LogP contribution is 2.36. The zero-order valence-corrected chi connectivity index (χ0v) is 22.9. The number of para-hydroxylation sites is 2. The number of benzene rings is 3. The van der Waals surface area contributed by atoms with Crippen molar-refractivity contribution < 1.29 is 9.90 Å². The molecule has 3 aromatic carbocycles. The van der Waals surface area contributed by atoms with Crippen molar-refractivity contribution >= 4 is 28.7 Å². The van der Waals surface area contributed by atoms with Crippen LogP contribution in [-0.4, -0.2) is 33.4 Å². The van der Waals surface area contributed by atoms with Gasteiger partial charge in [-0.25, -0.2) is 4.98 Å². The number of nitrogens with one attached hydrogen (secondary N) is 1. The lowest BCUT2D eigenvalue weighted by atomic mass is 9.80. The molecule has 5 rings (SSSR count). The number of aliphatic hydroxyl groups excluding tert-OH is 1. The fourth-order valence-electron chi connectivity index (χ4n) is 5.84. The largest absolute Gasteiger partial charge is 0.394 e. The van der Waals surface area contributed by atoms with Gasteiger partial charge in [0, 0.05) is 0 Å². The Bertz CT molecular complexity index is 1330. The molecule has 1 aromatic heterocycles. The maximum Gasteiger partial charge on any atom is 0.228 e. The fourth-order valence-corrected chi connectivity index (χ4v) is 6.41. The number of rotatable bonds is 9. The molecule has 0 bridgehead atoms. The first-order chi connectivity index (χ1) is 18.7. The van der Waals surface area contributed by atoms with Gasteiger partial charge in [-0.05, 0) is 53.8 Å². The topological polar surface area (TPSA) is 67.2 Å². The van der Waals surface area contributed by atoms with Crippen LogP contribution in [0.4, 0.5) is 0 Å². The summed E-state index contributed by atoms with van der Waals surface area (Å²) < 4.78 is 2.26. The number of carbonyl (C=O) groups excluding carboxylic acids is 1. The lowest BCUT2D eigenvalue weighted by molar-refractivity contribution is -0.125. The van der Waals surface area contributed by atoms with Crippen molar-refractivity contribution in [2.45, 2.75) is 62.2 Å². The van der Waals surface area contributed by atoms with Crippen molar-refractivity contribution in [1.29, 1.82) is 0 Å². The SMILES string of the molecule is CSc1nc2ccccc2n1Cc1ccc(C(C(=O)N[C@@H](CO)c2ccccc2)C2CCCCCC2)cc1. The van der Waals surface area contributed by atoms with Gasteiger partial charge in [-0.3, -0.25) is 4.79 Å². The molecule has 6 heteroatoms. The van der Waals surface area contributed by atoms with Crippen LogP contribution in [0.2, 0.25) is 0 Å². The van der Waals surface area contributed by atoms with Gasteiger partial charge in [0.15, 0.2) is 5.16 Å². The minimum atomic E-state index is -0.407. The van der Waals surface area contributed by atoms with Crippen LogP contribution in [0.1, 0.15) is 67.2 Å². The van der Waals surface area contributed by atoms with E-state index in [9.17, 15) is 9.90 Å². The number of nitrogens with zero attached hydrogens (tertiary/aromatic N) is 2. The van der Waals surface area contributed by atoms with Gasteiger partial charge < -0.3 is 15.0 Å². The van der Waals surface area contributed by atoms with E-state index in [1.807, 2.05) is 36.4 Å². The molecule has 1 amide bonds. The van der Waals surface area contributed by atoms with Crippen molar-refractivity contribution in [3.63, 3.8) is 0 Å². The van der Waals surface area contributed by atoms with Gasteiger partial charge in [-0.2, -0.15) is 0 Å². The molecule has 5 nitrogen and oxygen atoms in total. The van der Waals surface area contributed by atoms with Crippen LogP contribution >= 0.6 is 11.8 Å². The second-order valence-electron chi connectivity index (χ2n) is 10.3. The molecule has 0 spiro atoms. The molecular formula is C32H37N3O2S. The number of imidazole rings is 1. The summed E-state index contributed by atoms with van der Waals surface area (Å²) in [5.74, 6) is 0.0905. The summed E-state index contributed by atoms with van der Waals surface area (Å²) in [5.41, 5.74) is 5.31. The molecule has 38 heavy (non-hydrogen) atoms. The Labute approximate surface area is 229 Å². The normalized spacial score (nSPS) is 16.2. The lowest BCUT2D eigenvalue weighted by Gasteiger charge is -2.28. The van der Waals surface area contributed by atoms with Crippen molar-refractivity contribution in [2.24, 2.45) is 5.92 Å². The highest BCUT2D eigenvalue weighted by atomic mass is 32.2. The highest BCUT2D eigenvalue weighted by molar-refractivity contribution is 7.98. The third-order valence-electron chi connectivity index (χ3n) is 7.84. The maximum atomic E-state index is 13.8. The van der Waals surface area contributed by atoms with E-state index in [4.69, 9.17) is 4.98 Å². The van der Waals surface area contributed by atoms with E-state index in [1.165, 1.54) is 31.2 Å². The quantitative estimate of drug-likeness (QED) is 0.188. The van der Waals surface area contributed by atoms with Gasteiger partial charge in [-0.15, -0.1) is 0 Å². The monoisotopic (exact) mass is 527 g/mol. The third kappa shape index (κ3) is 5.97. The number of aliphatic hydroxyl groups is 1. The molecule has 1 fully saturated rings. The van der Waals surface area contributed by atoms with Gasteiger partial charge in [0.1, 0.15) is 0 Å². The summed E-state index contributed by atoms with van der Waals surface area (Å²) in [4.78, 5) is 18.6. The van der Waals surface area contributed by atoms with Gasteiger partial charge in [-0.1, -0.05) is 104 Å². The Hall–Kier alpha value is -3.09. The molecular weight excluding hydrogens is 490 g/mol. The second kappa shape index (κ2) is 12.6. The number of hydrogen-bond acceptors (Lipinski definition) is 4. The number of carbonyl (C=O) groups is 1. The smallest absolute Gasteiger partial charge is 0.228 e. The average molecular weight is 528 g/mol. The van der Waals surface area contributed by atoms with Gasteiger partial charge >= 0.3 is 0 Å². The number of amides is 1. The van der Waals surface area contributed by atoms with Crippen LogP contribution in [0.25, 0.3) is 11.0 Å². The Balaban J connectivity index is 1.40. The molecule has 1 aliphatic rings. The molecule has 2 N–H and O–H groups in total. The van der Waals surface area contributed by atoms with Gasteiger partial charge in [0.25, 0.3) is 0 Å². The molecule has 0 aliphatic heterocycles. The standard InChI is InChI=1S/C32H37N3O2S/c1-38-32-34-27-15-9-10-16-29(27)35(32)21-23-17-19-26(20-18-23)30(25-13-5-2-3-6-14-25)31(37)33-28(22-36)24-11-7-4-8-12-24/h4,7-12,15-20,25,28,30,36H,2-3,5-6,13-14,21-22H2,1H3,(H,33,37)/t28-,30?/m0/s1. The maximum absolute atomic E-state index is 13.8. The molecule has 198 valence electrons. The summed E-state index contributed by atoms with van der Waals surface area (Å²) in [6.45, 7) is 0.612. The van der Waals surface area contributed by atoms with E-state index < -0.39 is 6.04 Å². The second-order valence-corrected chi connectivity index (χ2v) is 11.1. The van der Waals surface area contributed by atoms with Gasteiger partial charge in [0.05, 0.1) is 36.1 Å². The first kappa shape index (κ1) is 26.5. The van der Waals surface area contributed by atoms with E-state index in [0.29, 0.717) is 5.92 Å². The Kier molecular flexibility index (Phi) is 8.82. The average Bonchev–Trinajstić information content (AvgIpc) is 3.10. The summed E-state index contributed by atoms with van der Waals surface area (Å²) >= 11 is 1.66. The predicted molar refractivity (Wildman–Crippen MR) is 155 cm³/mol. The van der Waals surface area contributed by atoms with Crippen molar-refractivity contribution in [3.05, 3.63) is 95.6 Å². The van der Waals surface area contributed by atoms with E-state index >= 15 is 0 Å². The summed E-state index contributed by atoms with van der Waals surface area (Å²) in [6.07, 6.45) is 9.00. The number of aromatic nitrogens is 2. The van der Waals surface area contributed by atoms with Crippen LogP contribution < -0.4 is 5.32 Å². The first-order valence-corrected chi connectivity index (χ1v) is 14.9. The molecule has 1 saturated carbocycles. The zero-order chi connectivity index (χ0) is 26.3. The first-order valence-electron chi connectivity index (χ1n) is 13.7. The van der Waals surface area contributed by atoms with Crippen molar-refractivity contribution in [3.8, 4) is 0 Å². The molecule has 0 saturated heterocycles. The van der Waals surface area contributed by atoms with E-state index in [0.717, 1.165) is 46.7 Å². The minimum absolute atomic E-state index is 0.0119. The molecule has 2 atom stereocenters. The number of thioether (sulfide) groups is 1. The van der Waals surface area contributed by atoms with Crippen LogP contribution in [0.3, 0.4) is 0 Å². The Morgan fingerprint density at radius 2 is 1.63 bits per heavy atom. The van der Waals surface area contributed by atoms with E-state index in [2.05, 4.69) is 58.6 Å². The molecule has 1 aliphatic carbocycles. The van der Waals surface area contributed by atoms with Crippen molar-refractivity contribution in [2.75, 3.05) is 12.9 Å². The minimum Gasteiger partial charge on any atom is -0.394 e. The van der Waals surface area contributed by atoms with Crippen LogP contribution in [0.15, 0.2) is 84.0 Å². The summed E-state index contributed by atoms with van der Waals surface area (Å²) in [7, 11) is 0. The Morgan fingerprint density at radius 1 is 0.947 bits per heavy atom. The summed E-state index contributed by atoms with van der Waals surface area (Å²) in [5, 5.41) is 14.3. The molecule has 0 radical (unpaired) electrons. The number of fused-ring (bicyclic) bond motifs is 1. The van der Waals surface area contributed by atoms with Crippen LogP contribution in [-0.2, 0) is 11.3 Å². The fraction of sp³-hybridized carbons (Fsp3) is 0.375. The Morgan fingerprint density at radius 3 is 2.32 bits per heavy atom. The van der Waals surface area contributed by atoms with Gasteiger partial charge in [0.2, 0.25) is 5.91 Å². The predicted octanol–water partition coefficient (Wildman–Crippen LogP) is 6.71. The third-order valence-corrected chi connectivity index (χ3v) is 8.51. The summed E-state index contributed by atoms with van der Waals surface area (Å²) in [6, 6.07) is 26.2. The molecule has 4 aromatic rings. The van der Waals surface area contributed by atoms with E-state index in [-0.39, 0.29) is 18.4 Å². The van der Waals surface area contributed by atoms with Crippen LogP contribution in [0.5, 0.6) is 0 Å².